The molecule has 1 aliphatic heterocycles. The van der Waals surface area contributed by atoms with Crippen LogP contribution in [0.15, 0.2) is 42.7 Å². The van der Waals surface area contributed by atoms with Crippen LogP contribution in [0.3, 0.4) is 0 Å². The van der Waals surface area contributed by atoms with Gasteiger partial charge < -0.3 is 9.80 Å². The number of halogens is 1. The predicted molar refractivity (Wildman–Crippen MR) is 98.4 cm³/mol. The highest BCUT2D eigenvalue weighted by Gasteiger charge is 2.22. The van der Waals surface area contributed by atoms with E-state index >= 15 is 0 Å². The number of benzene rings is 1. The minimum absolute atomic E-state index is 0.0563. The lowest BCUT2D eigenvalue weighted by Crippen LogP contribution is -2.47. The number of nitrogens with one attached hydrogen (secondary N) is 1. The first-order valence-corrected chi connectivity index (χ1v) is 8.72. The van der Waals surface area contributed by atoms with Crippen molar-refractivity contribution in [3.05, 3.63) is 54.2 Å². The number of likely N-dealkylation sites (N-methyl/N-ethyl adjacent to an activating group) is 1. The highest BCUT2D eigenvalue weighted by atomic mass is 19.1. The standard InChI is InChI=1S/C19H19FN6O/c1-25-5-7-26(8-6-25)19(27)17-10-16(23-24-17)14-11-21-18(22-12-14)13-3-2-4-15(20)9-13/h2-4,9-12H,5-8H2,1H3,(H,23,24). The molecule has 1 fully saturated rings. The molecule has 4 rings (SSSR count). The van der Waals surface area contributed by atoms with E-state index in [0.29, 0.717) is 41.4 Å². The second-order valence-corrected chi connectivity index (χ2v) is 6.57. The molecule has 3 aromatic rings. The second-order valence-electron chi connectivity index (χ2n) is 6.57. The number of H-pyrrole nitrogens is 1. The normalized spacial score (nSPS) is 15.1. The van der Waals surface area contributed by atoms with Gasteiger partial charge in [-0.05, 0) is 25.2 Å². The summed E-state index contributed by atoms with van der Waals surface area (Å²) in [6.07, 6.45) is 3.24. The molecule has 0 radical (unpaired) electrons. The van der Waals surface area contributed by atoms with Crippen molar-refractivity contribution in [2.24, 2.45) is 0 Å². The molecule has 1 aliphatic rings. The van der Waals surface area contributed by atoms with Gasteiger partial charge in [0.05, 0.1) is 5.69 Å². The molecule has 0 spiro atoms. The van der Waals surface area contributed by atoms with Crippen LogP contribution >= 0.6 is 0 Å². The minimum atomic E-state index is -0.334. The summed E-state index contributed by atoms with van der Waals surface area (Å²) < 4.78 is 13.3. The lowest BCUT2D eigenvalue weighted by molar-refractivity contribution is 0.0658. The number of aromatic nitrogens is 4. The number of piperazine rings is 1. The number of amides is 1. The van der Waals surface area contributed by atoms with Gasteiger partial charge >= 0.3 is 0 Å². The Bertz CT molecular complexity index is 947. The molecule has 1 saturated heterocycles. The average molecular weight is 366 g/mol. The van der Waals surface area contributed by atoms with Crippen molar-refractivity contribution in [2.75, 3.05) is 33.2 Å². The van der Waals surface area contributed by atoms with Gasteiger partial charge in [-0.3, -0.25) is 9.89 Å². The Kier molecular flexibility index (Phi) is 4.64. The summed E-state index contributed by atoms with van der Waals surface area (Å²) in [7, 11) is 2.05. The van der Waals surface area contributed by atoms with Crippen LogP contribution in [0.25, 0.3) is 22.6 Å². The van der Waals surface area contributed by atoms with Crippen LogP contribution < -0.4 is 0 Å². The smallest absolute Gasteiger partial charge is 0.271 e. The zero-order chi connectivity index (χ0) is 18.8. The number of carbonyl (C=O) groups is 1. The van der Waals surface area contributed by atoms with Crippen LogP contribution in [0.4, 0.5) is 4.39 Å². The predicted octanol–water partition coefficient (Wildman–Crippen LogP) is 2.06. The van der Waals surface area contributed by atoms with E-state index in [9.17, 15) is 9.18 Å². The highest BCUT2D eigenvalue weighted by molar-refractivity contribution is 5.93. The Labute approximate surface area is 155 Å². The lowest BCUT2D eigenvalue weighted by atomic mass is 10.2. The summed E-state index contributed by atoms with van der Waals surface area (Å²) in [5.41, 5.74) is 2.33. The van der Waals surface area contributed by atoms with Crippen molar-refractivity contribution >= 4 is 5.91 Å². The fourth-order valence-corrected chi connectivity index (χ4v) is 3.00. The fraction of sp³-hybridized carbons (Fsp3) is 0.263. The summed E-state index contributed by atoms with van der Waals surface area (Å²) in [5, 5.41) is 7.02. The Balaban J connectivity index is 1.50. The van der Waals surface area contributed by atoms with E-state index in [0.717, 1.165) is 13.1 Å². The zero-order valence-electron chi connectivity index (χ0n) is 14.9. The Hall–Kier alpha value is -3.13. The van der Waals surface area contributed by atoms with Gasteiger partial charge in [-0.25, -0.2) is 14.4 Å². The third kappa shape index (κ3) is 3.70. The van der Waals surface area contributed by atoms with Gasteiger partial charge in [-0.1, -0.05) is 12.1 Å². The van der Waals surface area contributed by atoms with Gasteiger partial charge in [0, 0.05) is 49.7 Å². The van der Waals surface area contributed by atoms with Crippen molar-refractivity contribution in [3.63, 3.8) is 0 Å². The number of nitrogens with zero attached hydrogens (tertiary/aromatic N) is 5. The number of carbonyl (C=O) groups excluding carboxylic acids is 1. The van der Waals surface area contributed by atoms with Gasteiger partial charge in [0.15, 0.2) is 5.82 Å². The molecular weight excluding hydrogens is 347 g/mol. The summed E-state index contributed by atoms with van der Waals surface area (Å²) in [6, 6.07) is 7.84. The van der Waals surface area contributed by atoms with E-state index in [4.69, 9.17) is 0 Å². The SMILES string of the molecule is CN1CCN(C(=O)c2cc(-c3cnc(-c4cccc(F)c4)nc3)n[nH]2)CC1. The molecule has 2 aromatic heterocycles. The first-order chi connectivity index (χ1) is 13.1. The lowest BCUT2D eigenvalue weighted by Gasteiger charge is -2.31. The molecule has 0 saturated carbocycles. The number of hydrogen-bond acceptors (Lipinski definition) is 5. The van der Waals surface area contributed by atoms with Crippen molar-refractivity contribution in [3.8, 4) is 22.6 Å². The van der Waals surface area contributed by atoms with Crippen molar-refractivity contribution < 1.29 is 9.18 Å². The van der Waals surface area contributed by atoms with Crippen LogP contribution in [0.2, 0.25) is 0 Å². The van der Waals surface area contributed by atoms with Crippen LogP contribution in [0, 0.1) is 5.82 Å². The van der Waals surface area contributed by atoms with Crippen LogP contribution in [-0.2, 0) is 0 Å². The zero-order valence-corrected chi connectivity index (χ0v) is 14.9. The van der Waals surface area contributed by atoms with Crippen LogP contribution in [0.1, 0.15) is 10.5 Å². The van der Waals surface area contributed by atoms with E-state index in [1.807, 2.05) is 11.9 Å². The van der Waals surface area contributed by atoms with E-state index in [2.05, 4.69) is 25.1 Å². The van der Waals surface area contributed by atoms with Crippen molar-refractivity contribution in [1.29, 1.82) is 0 Å². The maximum Gasteiger partial charge on any atom is 0.271 e. The number of aromatic amines is 1. The molecule has 0 aliphatic carbocycles. The Morgan fingerprint density at radius 2 is 1.81 bits per heavy atom. The molecule has 0 bridgehead atoms. The molecule has 0 atom stereocenters. The van der Waals surface area contributed by atoms with Gasteiger partial charge in [0.1, 0.15) is 11.5 Å². The first kappa shape index (κ1) is 17.3. The largest absolute Gasteiger partial charge is 0.335 e. The molecule has 8 heteroatoms. The number of rotatable bonds is 3. The maximum atomic E-state index is 13.3. The summed E-state index contributed by atoms with van der Waals surface area (Å²) in [4.78, 5) is 25.2. The maximum absolute atomic E-state index is 13.3. The Morgan fingerprint density at radius 1 is 1.07 bits per heavy atom. The second kappa shape index (κ2) is 7.24. The van der Waals surface area contributed by atoms with Gasteiger partial charge in [-0.15, -0.1) is 0 Å². The third-order valence-corrected chi connectivity index (χ3v) is 4.63. The monoisotopic (exact) mass is 366 g/mol. The quantitative estimate of drug-likeness (QED) is 0.768. The summed E-state index contributed by atoms with van der Waals surface area (Å²) in [6.45, 7) is 3.13. The molecule has 138 valence electrons. The van der Waals surface area contributed by atoms with E-state index in [-0.39, 0.29) is 11.7 Å². The third-order valence-electron chi connectivity index (χ3n) is 4.63. The molecule has 1 aromatic carbocycles. The molecule has 7 nitrogen and oxygen atoms in total. The minimum Gasteiger partial charge on any atom is -0.335 e. The van der Waals surface area contributed by atoms with E-state index < -0.39 is 0 Å². The highest BCUT2D eigenvalue weighted by Crippen LogP contribution is 2.20. The van der Waals surface area contributed by atoms with Gasteiger partial charge in [0.25, 0.3) is 5.91 Å². The number of hydrogen-bond donors (Lipinski definition) is 1. The topological polar surface area (TPSA) is 78.0 Å². The Morgan fingerprint density at radius 3 is 2.52 bits per heavy atom. The summed E-state index contributed by atoms with van der Waals surface area (Å²) >= 11 is 0. The van der Waals surface area contributed by atoms with Crippen LogP contribution in [-0.4, -0.2) is 69.1 Å². The molecule has 3 heterocycles. The van der Waals surface area contributed by atoms with Crippen molar-refractivity contribution in [2.45, 2.75) is 0 Å². The van der Waals surface area contributed by atoms with E-state index in [1.54, 1.807) is 30.6 Å². The average Bonchev–Trinajstić information content (AvgIpc) is 3.18. The molecule has 1 N–H and O–H groups in total. The van der Waals surface area contributed by atoms with Gasteiger partial charge in [-0.2, -0.15) is 5.10 Å². The molecular formula is C19H19FN6O. The van der Waals surface area contributed by atoms with Crippen molar-refractivity contribution in [1.82, 2.24) is 30.0 Å². The molecule has 1 amide bonds. The van der Waals surface area contributed by atoms with Crippen LogP contribution in [0.5, 0.6) is 0 Å². The fourth-order valence-electron chi connectivity index (χ4n) is 3.00. The van der Waals surface area contributed by atoms with E-state index in [1.165, 1.54) is 12.1 Å². The summed E-state index contributed by atoms with van der Waals surface area (Å²) in [5.74, 6) is 0.0428. The van der Waals surface area contributed by atoms with Gasteiger partial charge in [0.2, 0.25) is 0 Å². The molecule has 0 unspecified atom stereocenters. The first-order valence-electron chi connectivity index (χ1n) is 8.72. The molecule has 27 heavy (non-hydrogen) atoms.